The Hall–Kier alpha value is -4.80. The molecule has 0 radical (unpaired) electrons. The molecule has 0 amide bonds. The van der Waals surface area contributed by atoms with Gasteiger partial charge in [0.15, 0.2) is 11.5 Å². The molecule has 0 spiro atoms. The number of hydrogen-bond donors (Lipinski definition) is 7. The Bertz CT molecular complexity index is 1670. The summed E-state index contributed by atoms with van der Waals surface area (Å²) in [5.41, 5.74) is 2.05. The number of phenolic OH excluding ortho intramolecular Hbond substituents is 5. The Morgan fingerprint density at radius 1 is 0.675 bits per heavy atom. The molecule has 3 heterocycles. The summed E-state index contributed by atoms with van der Waals surface area (Å²) in [6.07, 6.45) is -3.18. The van der Waals surface area contributed by atoms with Crippen LogP contribution in [0.3, 0.4) is 0 Å². The summed E-state index contributed by atoms with van der Waals surface area (Å²) < 4.78 is 19.0. The molecule has 7 rings (SSSR count). The molecule has 3 aliphatic rings. The van der Waals surface area contributed by atoms with Gasteiger partial charge in [0, 0.05) is 35.2 Å². The van der Waals surface area contributed by atoms with Crippen molar-refractivity contribution in [1.29, 1.82) is 0 Å². The molecule has 4 aromatic carbocycles. The first-order valence-corrected chi connectivity index (χ1v) is 12.6. The molecule has 5 unspecified atom stereocenters. The highest BCUT2D eigenvalue weighted by atomic mass is 16.7. The molecule has 204 valence electrons. The van der Waals surface area contributed by atoms with Crippen LogP contribution in [-0.4, -0.2) is 48.0 Å². The zero-order valence-corrected chi connectivity index (χ0v) is 20.7. The number of hydrogen-bond acceptors (Lipinski definition) is 10. The van der Waals surface area contributed by atoms with Crippen LogP contribution in [0.4, 0.5) is 0 Å². The summed E-state index contributed by atoms with van der Waals surface area (Å²) in [5.74, 6) is -3.30. The highest BCUT2D eigenvalue weighted by molar-refractivity contribution is 5.65. The first-order valence-electron chi connectivity index (χ1n) is 12.6. The van der Waals surface area contributed by atoms with E-state index in [2.05, 4.69) is 0 Å². The van der Waals surface area contributed by atoms with Crippen LogP contribution in [0, 0.1) is 0 Å². The summed E-state index contributed by atoms with van der Waals surface area (Å²) in [6, 6.07) is 16.0. The minimum atomic E-state index is -1.80. The van der Waals surface area contributed by atoms with Gasteiger partial charge in [0.05, 0.1) is 12.0 Å². The molecular formula is C30H24O10. The van der Waals surface area contributed by atoms with E-state index in [0.717, 1.165) is 6.07 Å². The predicted molar refractivity (Wildman–Crippen MR) is 138 cm³/mol. The molecule has 4 aromatic rings. The van der Waals surface area contributed by atoms with Gasteiger partial charge in [0.1, 0.15) is 46.7 Å². The van der Waals surface area contributed by atoms with Crippen molar-refractivity contribution in [2.75, 3.05) is 0 Å². The second-order valence-corrected chi connectivity index (χ2v) is 10.2. The lowest BCUT2D eigenvalue weighted by atomic mass is 9.74. The lowest BCUT2D eigenvalue weighted by Gasteiger charge is -2.50. The highest BCUT2D eigenvalue weighted by Gasteiger charge is 2.59. The average Bonchev–Trinajstić information content (AvgIpc) is 2.90. The van der Waals surface area contributed by atoms with Crippen LogP contribution in [0.25, 0.3) is 0 Å². The number of aliphatic hydroxyl groups excluding tert-OH is 2. The van der Waals surface area contributed by atoms with Crippen LogP contribution in [0.2, 0.25) is 0 Å². The van der Waals surface area contributed by atoms with Gasteiger partial charge < -0.3 is 50.0 Å². The maximum absolute atomic E-state index is 11.9. The maximum Gasteiger partial charge on any atom is 0.305 e. The first kappa shape index (κ1) is 24.3. The maximum atomic E-state index is 11.9. The van der Waals surface area contributed by atoms with E-state index >= 15 is 0 Å². The van der Waals surface area contributed by atoms with E-state index < -0.39 is 30.0 Å². The monoisotopic (exact) mass is 544 g/mol. The van der Waals surface area contributed by atoms with Gasteiger partial charge in [-0.25, -0.2) is 0 Å². The van der Waals surface area contributed by atoms with Gasteiger partial charge in [-0.3, -0.25) is 0 Å². The molecule has 40 heavy (non-hydrogen) atoms. The molecule has 0 aliphatic carbocycles. The molecule has 0 aromatic heterocycles. The van der Waals surface area contributed by atoms with E-state index in [0.29, 0.717) is 33.8 Å². The van der Waals surface area contributed by atoms with Gasteiger partial charge in [-0.05, 0) is 53.6 Å². The lowest BCUT2D eigenvalue weighted by molar-refractivity contribution is -0.219. The van der Waals surface area contributed by atoms with Crippen molar-refractivity contribution in [3.63, 3.8) is 0 Å². The molecule has 7 N–H and O–H groups in total. The van der Waals surface area contributed by atoms with E-state index in [1.165, 1.54) is 36.4 Å². The summed E-state index contributed by atoms with van der Waals surface area (Å²) in [5, 5.41) is 73.7. The first-order chi connectivity index (χ1) is 19.2. The molecule has 0 saturated heterocycles. The minimum absolute atomic E-state index is 0.00114. The molecule has 2 bridgehead atoms. The smallest absolute Gasteiger partial charge is 0.305 e. The van der Waals surface area contributed by atoms with Gasteiger partial charge in [0.25, 0.3) is 0 Å². The molecule has 10 heteroatoms. The standard InChI is InChI=1S/C30H24O10/c31-16-5-3-15(4-6-16)30-29(37)26(24-20(35)11-17(32)12-23(24)40-30)25-22(39-30)8-2-14-10-21(36)27(38-28(14)25)13-1-7-18(33)19(34)9-13/h1-9,11-12,21,26-27,29,31-37H,10H2. The van der Waals surface area contributed by atoms with Crippen molar-refractivity contribution in [2.45, 2.75) is 36.4 Å². The number of benzene rings is 4. The van der Waals surface area contributed by atoms with Crippen molar-refractivity contribution >= 4 is 0 Å². The van der Waals surface area contributed by atoms with Crippen molar-refractivity contribution in [2.24, 2.45) is 0 Å². The highest BCUT2D eigenvalue weighted by Crippen LogP contribution is 2.61. The van der Waals surface area contributed by atoms with Gasteiger partial charge in [-0.15, -0.1) is 0 Å². The number of fused-ring (bicyclic) bond motifs is 8. The van der Waals surface area contributed by atoms with Gasteiger partial charge in [-0.2, -0.15) is 0 Å². The van der Waals surface area contributed by atoms with Crippen molar-refractivity contribution in [1.82, 2.24) is 0 Å². The zero-order valence-electron chi connectivity index (χ0n) is 20.7. The van der Waals surface area contributed by atoms with E-state index in [1.54, 1.807) is 24.3 Å². The summed E-state index contributed by atoms with van der Waals surface area (Å²) in [4.78, 5) is 0. The molecular weight excluding hydrogens is 520 g/mol. The zero-order chi connectivity index (χ0) is 27.9. The molecule has 3 aliphatic heterocycles. The van der Waals surface area contributed by atoms with E-state index in [9.17, 15) is 35.7 Å². The average molecular weight is 545 g/mol. The van der Waals surface area contributed by atoms with Crippen molar-refractivity contribution in [3.05, 3.63) is 94.5 Å². The second-order valence-electron chi connectivity index (χ2n) is 10.2. The van der Waals surface area contributed by atoms with Crippen molar-refractivity contribution < 1.29 is 50.0 Å². The number of aliphatic hydroxyl groups is 2. The third-order valence-electron chi connectivity index (χ3n) is 7.81. The van der Waals surface area contributed by atoms with E-state index in [4.69, 9.17) is 14.2 Å². The van der Waals surface area contributed by atoms with E-state index in [-0.39, 0.29) is 46.5 Å². The molecule has 10 nitrogen and oxygen atoms in total. The fraction of sp³-hybridized carbons (Fsp3) is 0.200. The summed E-state index contributed by atoms with van der Waals surface area (Å²) >= 11 is 0. The predicted octanol–water partition coefficient (Wildman–Crippen LogP) is 3.38. The SMILES string of the molecule is Oc1ccc(C23Oc4cc(O)cc(O)c4C(c4c(ccc5c4OC(c4ccc(O)c(O)c4)C(O)C5)O2)C3O)cc1. The van der Waals surface area contributed by atoms with Crippen LogP contribution in [0.5, 0.6) is 46.0 Å². The van der Waals surface area contributed by atoms with Gasteiger partial charge in [-0.1, -0.05) is 12.1 Å². The minimum Gasteiger partial charge on any atom is -0.508 e. The number of phenols is 5. The van der Waals surface area contributed by atoms with Crippen LogP contribution >= 0.6 is 0 Å². The Kier molecular flexibility index (Phi) is 5.06. The Labute approximate surface area is 227 Å². The normalized spacial score (nSPS) is 25.9. The second kappa shape index (κ2) is 8.35. The molecule has 0 saturated carbocycles. The largest absolute Gasteiger partial charge is 0.508 e. The fourth-order valence-corrected chi connectivity index (χ4v) is 5.98. The topological polar surface area (TPSA) is 169 Å². The van der Waals surface area contributed by atoms with Crippen molar-refractivity contribution in [3.8, 4) is 46.0 Å². The molecule has 0 fully saturated rings. The Balaban J connectivity index is 1.44. The lowest BCUT2D eigenvalue weighted by Crippen LogP contribution is -2.57. The number of aromatic hydroxyl groups is 5. The third kappa shape index (κ3) is 3.36. The van der Waals surface area contributed by atoms with Gasteiger partial charge in [0.2, 0.25) is 0 Å². The van der Waals surface area contributed by atoms with E-state index in [1.807, 2.05) is 0 Å². The molecule has 5 atom stereocenters. The Morgan fingerprint density at radius 2 is 1.43 bits per heavy atom. The van der Waals surface area contributed by atoms with Crippen LogP contribution < -0.4 is 14.2 Å². The van der Waals surface area contributed by atoms with Crippen LogP contribution in [-0.2, 0) is 12.2 Å². The van der Waals surface area contributed by atoms with Crippen LogP contribution in [0.1, 0.15) is 39.8 Å². The quantitative estimate of drug-likeness (QED) is 0.186. The number of ether oxygens (including phenoxy) is 3. The Morgan fingerprint density at radius 3 is 2.17 bits per heavy atom. The van der Waals surface area contributed by atoms with Crippen LogP contribution in [0.15, 0.2) is 66.7 Å². The third-order valence-corrected chi connectivity index (χ3v) is 7.81. The van der Waals surface area contributed by atoms with Gasteiger partial charge >= 0.3 is 5.79 Å². The summed E-state index contributed by atoms with van der Waals surface area (Å²) in [6.45, 7) is 0. The number of rotatable bonds is 2. The summed E-state index contributed by atoms with van der Waals surface area (Å²) in [7, 11) is 0. The fourth-order valence-electron chi connectivity index (χ4n) is 5.98.